The molecule has 0 aromatic heterocycles. The molecule has 62 valence electrons. The van der Waals surface area contributed by atoms with E-state index in [2.05, 4.69) is 39.5 Å². The first kappa shape index (κ1) is 10.2. The van der Waals surface area contributed by atoms with E-state index in [1.165, 1.54) is 16.7 Å². The molecule has 0 radical (unpaired) electrons. The third kappa shape index (κ3) is 3.22. The highest BCUT2D eigenvalue weighted by Crippen LogP contribution is 2.15. The number of hydrogen-bond donors (Lipinski definition) is 0. The van der Waals surface area contributed by atoms with Crippen LogP contribution >= 0.6 is 0 Å². The van der Waals surface area contributed by atoms with Crippen LogP contribution in [0.2, 0.25) is 0 Å². The SMILES string of the molecule is C=C(C)/C(C)=C(/C=C\C)CC. The molecule has 0 bridgehead atoms. The lowest BCUT2D eigenvalue weighted by Gasteiger charge is -2.04. The maximum atomic E-state index is 3.91. The van der Waals surface area contributed by atoms with Gasteiger partial charge in [0.1, 0.15) is 0 Å². The van der Waals surface area contributed by atoms with Crippen LogP contribution in [0.3, 0.4) is 0 Å². The van der Waals surface area contributed by atoms with Gasteiger partial charge in [0.15, 0.2) is 0 Å². The summed E-state index contributed by atoms with van der Waals surface area (Å²) >= 11 is 0. The normalized spacial score (nSPS) is 13.5. The summed E-state index contributed by atoms with van der Waals surface area (Å²) in [4.78, 5) is 0. The minimum absolute atomic E-state index is 1.09. The summed E-state index contributed by atoms with van der Waals surface area (Å²) in [5.74, 6) is 0. The minimum atomic E-state index is 1.09. The van der Waals surface area contributed by atoms with Gasteiger partial charge in [0, 0.05) is 0 Å². The first-order valence-electron chi connectivity index (χ1n) is 4.11. The molecule has 0 atom stereocenters. The van der Waals surface area contributed by atoms with Gasteiger partial charge >= 0.3 is 0 Å². The van der Waals surface area contributed by atoms with Crippen LogP contribution in [0.1, 0.15) is 34.1 Å². The number of allylic oxidation sites excluding steroid dienone is 5. The average Bonchev–Trinajstić information content (AvgIpc) is 1.98. The molecule has 0 saturated heterocycles. The van der Waals surface area contributed by atoms with Crippen LogP contribution in [0.4, 0.5) is 0 Å². The molecule has 0 N–H and O–H groups in total. The lowest BCUT2D eigenvalue weighted by atomic mass is 10.0. The third-order valence-electron chi connectivity index (χ3n) is 1.87. The summed E-state index contributed by atoms with van der Waals surface area (Å²) in [5, 5.41) is 0. The minimum Gasteiger partial charge on any atom is -0.0958 e. The zero-order chi connectivity index (χ0) is 8.85. The Bertz CT molecular complexity index is 192. The molecule has 0 rings (SSSR count). The van der Waals surface area contributed by atoms with Gasteiger partial charge in [-0.15, -0.1) is 0 Å². The van der Waals surface area contributed by atoms with Gasteiger partial charge in [-0.25, -0.2) is 0 Å². The van der Waals surface area contributed by atoms with Gasteiger partial charge in [0.25, 0.3) is 0 Å². The van der Waals surface area contributed by atoms with Crippen LogP contribution in [0, 0.1) is 0 Å². The molecule has 0 fully saturated rings. The Kier molecular flexibility index (Phi) is 4.60. The van der Waals surface area contributed by atoms with E-state index in [-0.39, 0.29) is 0 Å². The van der Waals surface area contributed by atoms with Crippen LogP contribution in [0.5, 0.6) is 0 Å². The van der Waals surface area contributed by atoms with Crippen LogP contribution < -0.4 is 0 Å². The fourth-order valence-electron chi connectivity index (χ4n) is 0.983. The van der Waals surface area contributed by atoms with Crippen molar-refractivity contribution in [3.05, 3.63) is 35.5 Å². The van der Waals surface area contributed by atoms with Gasteiger partial charge in [0.2, 0.25) is 0 Å². The van der Waals surface area contributed by atoms with Crippen molar-refractivity contribution in [1.82, 2.24) is 0 Å². The first-order chi connectivity index (χ1) is 5.13. The monoisotopic (exact) mass is 150 g/mol. The van der Waals surface area contributed by atoms with Gasteiger partial charge < -0.3 is 0 Å². The number of rotatable bonds is 3. The summed E-state index contributed by atoms with van der Waals surface area (Å²) in [6, 6.07) is 0. The van der Waals surface area contributed by atoms with Crippen molar-refractivity contribution in [3.63, 3.8) is 0 Å². The highest BCUT2D eigenvalue weighted by molar-refractivity contribution is 5.35. The van der Waals surface area contributed by atoms with E-state index in [1.54, 1.807) is 0 Å². The van der Waals surface area contributed by atoms with Crippen LogP contribution in [0.15, 0.2) is 35.5 Å². The Hall–Kier alpha value is -0.780. The molecule has 0 aliphatic rings. The molecule has 0 aromatic rings. The van der Waals surface area contributed by atoms with Crippen molar-refractivity contribution in [2.24, 2.45) is 0 Å². The van der Waals surface area contributed by atoms with Crippen LogP contribution in [0.25, 0.3) is 0 Å². The van der Waals surface area contributed by atoms with E-state index < -0.39 is 0 Å². The molecule has 0 nitrogen and oxygen atoms in total. The second-order valence-corrected chi connectivity index (χ2v) is 2.78. The molecule has 0 heterocycles. The van der Waals surface area contributed by atoms with Gasteiger partial charge in [-0.3, -0.25) is 0 Å². The van der Waals surface area contributed by atoms with Crippen LogP contribution in [-0.2, 0) is 0 Å². The van der Waals surface area contributed by atoms with Gasteiger partial charge in [0.05, 0.1) is 0 Å². The van der Waals surface area contributed by atoms with E-state index in [1.807, 2.05) is 6.92 Å². The van der Waals surface area contributed by atoms with E-state index in [4.69, 9.17) is 0 Å². The quantitative estimate of drug-likeness (QED) is 0.536. The van der Waals surface area contributed by atoms with Crippen molar-refractivity contribution in [2.75, 3.05) is 0 Å². The molecule has 0 amide bonds. The van der Waals surface area contributed by atoms with Crippen molar-refractivity contribution in [2.45, 2.75) is 34.1 Å². The standard InChI is InChI=1S/C11H18/c1-6-8-11(7-2)10(5)9(3)4/h6,8H,3,7H2,1-2,4-5H3/b8-6-,11-10+. The molecule has 0 aliphatic heterocycles. The Labute approximate surface area is 70.3 Å². The van der Waals surface area contributed by atoms with Crippen LogP contribution in [-0.4, -0.2) is 0 Å². The summed E-state index contributed by atoms with van der Waals surface area (Å²) in [7, 11) is 0. The molecular formula is C11H18. The zero-order valence-electron chi connectivity index (χ0n) is 8.07. The van der Waals surface area contributed by atoms with E-state index in [0.717, 1.165) is 6.42 Å². The topological polar surface area (TPSA) is 0 Å². The maximum absolute atomic E-state index is 3.91. The average molecular weight is 150 g/mol. The summed E-state index contributed by atoms with van der Waals surface area (Å²) in [5.41, 5.74) is 3.88. The molecule has 0 saturated carbocycles. The highest BCUT2D eigenvalue weighted by atomic mass is 14.0. The number of hydrogen-bond acceptors (Lipinski definition) is 0. The smallest absolute Gasteiger partial charge is 0.0305 e. The zero-order valence-corrected chi connectivity index (χ0v) is 8.07. The molecule has 0 aromatic carbocycles. The van der Waals surface area contributed by atoms with Crippen molar-refractivity contribution >= 4 is 0 Å². The lowest BCUT2D eigenvalue weighted by Crippen LogP contribution is -1.84. The van der Waals surface area contributed by atoms with E-state index in [9.17, 15) is 0 Å². The van der Waals surface area contributed by atoms with Gasteiger partial charge in [-0.1, -0.05) is 31.2 Å². The summed E-state index contributed by atoms with van der Waals surface area (Å²) < 4.78 is 0. The predicted octanol–water partition coefficient (Wildman–Crippen LogP) is 3.87. The third-order valence-corrected chi connectivity index (χ3v) is 1.87. The molecular weight excluding hydrogens is 132 g/mol. The molecule has 0 unspecified atom stereocenters. The Morgan fingerprint density at radius 1 is 1.36 bits per heavy atom. The van der Waals surface area contributed by atoms with Crippen molar-refractivity contribution in [3.8, 4) is 0 Å². The predicted molar refractivity (Wildman–Crippen MR) is 52.6 cm³/mol. The second-order valence-electron chi connectivity index (χ2n) is 2.78. The lowest BCUT2D eigenvalue weighted by molar-refractivity contribution is 1.10. The maximum Gasteiger partial charge on any atom is -0.0305 e. The van der Waals surface area contributed by atoms with Crippen molar-refractivity contribution in [1.29, 1.82) is 0 Å². The molecule has 0 aliphatic carbocycles. The largest absolute Gasteiger partial charge is 0.0958 e. The van der Waals surface area contributed by atoms with Crippen molar-refractivity contribution < 1.29 is 0 Å². The van der Waals surface area contributed by atoms with E-state index >= 15 is 0 Å². The molecule has 0 heteroatoms. The summed E-state index contributed by atoms with van der Waals surface area (Å²) in [6.07, 6.45) is 5.32. The second kappa shape index (κ2) is 4.95. The fraction of sp³-hybridized carbons (Fsp3) is 0.455. The highest BCUT2D eigenvalue weighted by Gasteiger charge is 1.95. The first-order valence-corrected chi connectivity index (χ1v) is 4.11. The Morgan fingerprint density at radius 3 is 2.18 bits per heavy atom. The molecule has 0 spiro atoms. The van der Waals surface area contributed by atoms with E-state index in [0.29, 0.717) is 0 Å². The fourth-order valence-corrected chi connectivity index (χ4v) is 0.983. The Balaban J connectivity index is 4.67. The summed E-state index contributed by atoms with van der Waals surface area (Å²) in [6.45, 7) is 12.3. The van der Waals surface area contributed by atoms with Gasteiger partial charge in [-0.2, -0.15) is 0 Å². The van der Waals surface area contributed by atoms with Gasteiger partial charge in [-0.05, 0) is 38.3 Å². The Morgan fingerprint density at radius 2 is 1.91 bits per heavy atom. The molecule has 11 heavy (non-hydrogen) atoms.